The molecule has 7 heteroatoms. The van der Waals surface area contributed by atoms with E-state index in [1.165, 1.54) is 5.56 Å². The van der Waals surface area contributed by atoms with E-state index < -0.39 is 0 Å². The summed E-state index contributed by atoms with van der Waals surface area (Å²) in [7, 11) is 3.57. The zero-order valence-electron chi connectivity index (χ0n) is 16.1. The van der Waals surface area contributed by atoms with Gasteiger partial charge in [0.1, 0.15) is 12.4 Å². The maximum atomic E-state index is 5.85. The number of guanidine groups is 1. The Hall–Kier alpha value is -2.54. The summed E-state index contributed by atoms with van der Waals surface area (Å²) in [4.78, 5) is 4.62. The van der Waals surface area contributed by atoms with Gasteiger partial charge in [-0.25, -0.2) is 4.99 Å². The quantitative estimate of drug-likeness (QED) is 0.407. The number of hydrogen-bond donors (Lipinski definition) is 2. The molecule has 7 nitrogen and oxygen atoms in total. The zero-order chi connectivity index (χ0) is 18.8. The van der Waals surface area contributed by atoms with Crippen LogP contribution >= 0.6 is 0 Å². The van der Waals surface area contributed by atoms with E-state index in [2.05, 4.69) is 39.8 Å². The van der Waals surface area contributed by atoms with Crippen LogP contribution in [-0.2, 0) is 24.9 Å². The summed E-state index contributed by atoms with van der Waals surface area (Å²) in [6.45, 7) is 7.20. The van der Waals surface area contributed by atoms with Gasteiger partial charge in [0.05, 0.1) is 19.3 Å². The molecule has 1 heterocycles. The Kier molecular flexibility index (Phi) is 7.95. The van der Waals surface area contributed by atoms with Crippen molar-refractivity contribution in [2.75, 3.05) is 26.9 Å². The highest BCUT2D eigenvalue weighted by molar-refractivity contribution is 5.79. The summed E-state index contributed by atoms with van der Waals surface area (Å²) >= 11 is 0. The minimum atomic E-state index is 0.530. The molecule has 0 saturated heterocycles. The van der Waals surface area contributed by atoms with Crippen LogP contribution in [0.1, 0.15) is 23.6 Å². The van der Waals surface area contributed by atoms with Crippen molar-refractivity contribution in [1.29, 1.82) is 0 Å². The lowest BCUT2D eigenvalue weighted by atomic mass is 10.1. The van der Waals surface area contributed by atoms with Gasteiger partial charge in [-0.05, 0) is 25.5 Å². The van der Waals surface area contributed by atoms with E-state index in [0.717, 1.165) is 29.4 Å². The number of ether oxygens (including phenoxy) is 2. The molecule has 0 aliphatic rings. The SMILES string of the molecule is CCNC(=NCc1cnn(C)c1)NCc1ccc(C)cc1OCCOC. The highest BCUT2D eigenvalue weighted by Gasteiger charge is 2.06. The number of methoxy groups -OCH3 is 1. The first-order chi connectivity index (χ1) is 12.6. The average Bonchev–Trinajstić information content (AvgIpc) is 3.04. The van der Waals surface area contributed by atoms with Gasteiger partial charge in [0, 0.05) is 44.6 Å². The largest absolute Gasteiger partial charge is 0.491 e. The molecule has 0 spiro atoms. The van der Waals surface area contributed by atoms with Crippen molar-refractivity contribution in [1.82, 2.24) is 20.4 Å². The van der Waals surface area contributed by atoms with Gasteiger partial charge >= 0.3 is 0 Å². The lowest BCUT2D eigenvalue weighted by molar-refractivity contribution is 0.145. The number of aromatic nitrogens is 2. The summed E-state index contributed by atoms with van der Waals surface area (Å²) in [5, 5.41) is 10.8. The Labute approximate surface area is 155 Å². The van der Waals surface area contributed by atoms with E-state index in [9.17, 15) is 0 Å². The van der Waals surface area contributed by atoms with E-state index in [0.29, 0.717) is 26.3 Å². The molecule has 26 heavy (non-hydrogen) atoms. The molecule has 1 aromatic heterocycles. The topological polar surface area (TPSA) is 72.7 Å². The molecule has 0 fully saturated rings. The van der Waals surface area contributed by atoms with Crippen molar-refractivity contribution in [3.63, 3.8) is 0 Å². The molecule has 1 aromatic carbocycles. The second-order valence-electron chi connectivity index (χ2n) is 6.02. The molecule has 0 radical (unpaired) electrons. The van der Waals surface area contributed by atoms with E-state index in [1.54, 1.807) is 11.8 Å². The maximum absolute atomic E-state index is 5.85. The monoisotopic (exact) mass is 359 g/mol. The highest BCUT2D eigenvalue weighted by atomic mass is 16.5. The molecule has 0 aliphatic carbocycles. The normalized spacial score (nSPS) is 11.5. The Balaban J connectivity index is 2.01. The van der Waals surface area contributed by atoms with Crippen molar-refractivity contribution in [2.45, 2.75) is 26.9 Å². The average molecular weight is 359 g/mol. The summed E-state index contributed by atoms with van der Waals surface area (Å²) in [5.41, 5.74) is 3.32. The van der Waals surface area contributed by atoms with Crippen LogP contribution in [0, 0.1) is 6.92 Å². The third-order valence-electron chi connectivity index (χ3n) is 3.74. The fraction of sp³-hybridized carbons (Fsp3) is 0.474. The Morgan fingerprint density at radius 1 is 1.27 bits per heavy atom. The molecule has 0 aliphatic heterocycles. The maximum Gasteiger partial charge on any atom is 0.191 e. The molecule has 0 amide bonds. The predicted octanol–water partition coefficient (Wildman–Crippen LogP) is 2.01. The number of nitrogens with one attached hydrogen (secondary N) is 2. The van der Waals surface area contributed by atoms with Gasteiger partial charge in [0.25, 0.3) is 0 Å². The number of rotatable bonds is 9. The van der Waals surface area contributed by atoms with Gasteiger partial charge in [0.15, 0.2) is 5.96 Å². The fourth-order valence-corrected chi connectivity index (χ4v) is 2.42. The second-order valence-corrected chi connectivity index (χ2v) is 6.02. The van der Waals surface area contributed by atoms with Gasteiger partial charge in [-0.3, -0.25) is 4.68 Å². The fourth-order valence-electron chi connectivity index (χ4n) is 2.42. The molecule has 0 atom stereocenters. The van der Waals surface area contributed by atoms with Gasteiger partial charge in [0.2, 0.25) is 0 Å². The van der Waals surface area contributed by atoms with Crippen LogP contribution in [-0.4, -0.2) is 42.6 Å². The Morgan fingerprint density at radius 3 is 2.81 bits per heavy atom. The Bertz CT molecular complexity index is 712. The lowest BCUT2D eigenvalue weighted by Gasteiger charge is -2.15. The summed E-state index contributed by atoms with van der Waals surface area (Å²) in [6, 6.07) is 6.21. The van der Waals surface area contributed by atoms with Crippen LogP contribution in [0.15, 0.2) is 35.6 Å². The number of hydrogen-bond acceptors (Lipinski definition) is 4. The Morgan fingerprint density at radius 2 is 2.12 bits per heavy atom. The van der Waals surface area contributed by atoms with Gasteiger partial charge in [-0.2, -0.15) is 5.10 Å². The van der Waals surface area contributed by atoms with Crippen molar-refractivity contribution in [3.05, 3.63) is 47.3 Å². The third-order valence-corrected chi connectivity index (χ3v) is 3.74. The summed E-state index contributed by atoms with van der Waals surface area (Å²) in [5.74, 6) is 1.64. The third kappa shape index (κ3) is 6.40. The number of nitrogens with zero attached hydrogens (tertiary/aromatic N) is 3. The minimum absolute atomic E-state index is 0.530. The van der Waals surface area contributed by atoms with Crippen LogP contribution in [0.4, 0.5) is 0 Å². The van der Waals surface area contributed by atoms with Gasteiger partial charge in [-0.15, -0.1) is 0 Å². The van der Waals surface area contributed by atoms with Gasteiger partial charge < -0.3 is 20.1 Å². The van der Waals surface area contributed by atoms with E-state index >= 15 is 0 Å². The van der Waals surface area contributed by atoms with Crippen molar-refractivity contribution >= 4 is 5.96 Å². The molecular formula is C19H29N5O2. The number of aliphatic imine (C=N–C) groups is 1. The first-order valence-corrected chi connectivity index (χ1v) is 8.83. The van der Waals surface area contributed by atoms with Crippen molar-refractivity contribution in [2.24, 2.45) is 12.0 Å². The van der Waals surface area contributed by atoms with Gasteiger partial charge in [-0.1, -0.05) is 12.1 Å². The van der Waals surface area contributed by atoms with E-state index in [4.69, 9.17) is 9.47 Å². The van der Waals surface area contributed by atoms with Crippen LogP contribution in [0.2, 0.25) is 0 Å². The van der Waals surface area contributed by atoms with Crippen LogP contribution in [0.3, 0.4) is 0 Å². The molecular weight excluding hydrogens is 330 g/mol. The first kappa shape index (κ1) is 19.8. The summed E-state index contributed by atoms with van der Waals surface area (Å²) < 4.78 is 12.7. The smallest absolute Gasteiger partial charge is 0.191 e. The molecule has 2 aromatic rings. The minimum Gasteiger partial charge on any atom is -0.491 e. The molecule has 2 rings (SSSR count). The molecule has 2 N–H and O–H groups in total. The molecule has 0 saturated carbocycles. The van der Waals surface area contributed by atoms with E-state index in [-0.39, 0.29) is 0 Å². The second kappa shape index (κ2) is 10.5. The molecule has 142 valence electrons. The number of aryl methyl sites for hydroxylation is 2. The highest BCUT2D eigenvalue weighted by Crippen LogP contribution is 2.20. The number of benzene rings is 1. The van der Waals surface area contributed by atoms with Crippen LogP contribution < -0.4 is 15.4 Å². The standard InChI is InChI=1S/C19H29N5O2/c1-5-20-19(21-11-16-12-23-24(3)14-16)22-13-17-7-6-15(2)10-18(17)26-9-8-25-4/h6-7,10,12,14H,5,8-9,11,13H2,1-4H3,(H2,20,21,22). The van der Waals surface area contributed by atoms with Crippen molar-refractivity contribution < 1.29 is 9.47 Å². The van der Waals surface area contributed by atoms with E-state index in [1.807, 2.05) is 32.4 Å². The molecule has 0 bridgehead atoms. The van der Waals surface area contributed by atoms with Crippen molar-refractivity contribution in [3.8, 4) is 5.75 Å². The van der Waals surface area contributed by atoms with Crippen LogP contribution in [0.5, 0.6) is 5.75 Å². The lowest BCUT2D eigenvalue weighted by Crippen LogP contribution is -2.36. The predicted molar refractivity (Wildman–Crippen MR) is 103 cm³/mol. The summed E-state index contributed by atoms with van der Waals surface area (Å²) in [6.07, 6.45) is 3.80. The van der Waals surface area contributed by atoms with Crippen LogP contribution in [0.25, 0.3) is 0 Å². The molecule has 0 unspecified atom stereocenters. The zero-order valence-corrected chi connectivity index (χ0v) is 16.1. The first-order valence-electron chi connectivity index (χ1n) is 8.83.